The largest absolute Gasteiger partial charge is 0.456 e. The molecule has 5 aromatic carbocycles. The smallest absolute Gasteiger partial charge is 0.136 e. The van der Waals surface area contributed by atoms with Gasteiger partial charge in [0.1, 0.15) is 23.0 Å². The Hall–Kier alpha value is -3.40. The highest BCUT2D eigenvalue weighted by atomic mass is 35.5. The Balaban J connectivity index is 1.60. The lowest BCUT2D eigenvalue weighted by molar-refractivity contribution is 0.455. The first-order valence-corrected chi connectivity index (χ1v) is 13.4. The third-order valence-corrected chi connectivity index (χ3v) is 7.73. The molecule has 0 atom stereocenters. The van der Waals surface area contributed by atoms with Gasteiger partial charge in [-0.15, -0.1) is 0 Å². The molecule has 0 amide bonds. The molecule has 0 N–H and O–H groups in total. The number of hydrogen-bond donors (Lipinski definition) is 0. The second-order valence-electron chi connectivity index (χ2n) is 9.09. The highest BCUT2D eigenvalue weighted by molar-refractivity contribution is 6.31. The molecule has 0 radical (unpaired) electrons. The van der Waals surface area contributed by atoms with Crippen molar-refractivity contribution in [3.63, 3.8) is 0 Å². The minimum atomic E-state index is 0.600. The normalized spacial score (nSPS) is 13.1. The first kappa shape index (κ1) is 23.7. The number of rotatable bonds is 2. The lowest BCUT2D eigenvalue weighted by Crippen LogP contribution is -2.24. The number of ether oxygens (including phenoxy) is 2. The maximum Gasteiger partial charge on any atom is 0.136 e. The molecule has 0 fully saturated rings. The van der Waals surface area contributed by atoms with Gasteiger partial charge >= 0.3 is 0 Å². The fourth-order valence-corrected chi connectivity index (χ4v) is 5.65. The number of fused-ring (bicyclic) bond motifs is 4. The Kier molecular flexibility index (Phi) is 5.68. The van der Waals surface area contributed by atoms with Crippen LogP contribution in [0.2, 0.25) is 20.1 Å². The lowest BCUT2D eigenvalue weighted by Gasteiger charge is -2.25. The van der Waals surface area contributed by atoms with E-state index in [1.807, 2.05) is 97.1 Å². The van der Waals surface area contributed by atoms with Crippen LogP contribution in [0.4, 0.5) is 0 Å². The number of benzene rings is 5. The van der Waals surface area contributed by atoms with Crippen LogP contribution >= 0.6 is 46.4 Å². The fraction of sp³-hybridized carbons (Fsp3) is 0. The molecular formula is C32H16Cl4O2. The zero-order valence-corrected chi connectivity index (χ0v) is 22.6. The molecule has 2 aliphatic heterocycles. The van der Waals surface area contributed by atoms with E-state index < -0.39 is 0 Å². The van der Waals surface area contributed by atoms with Crippen LogP contribution in [0.5, 0.6) is 23.0 Å². The molecule has 0 unspecified atom stereocenters. The molecule has 7 rings (SSSR count). The highest BCUT2D eigenvalue weighted by Crippen LogP contribution is 2.41. The maximum absolute atomic E-state index is 6.47. The Morgan fingerprint density at radius 2 is 0.737 bits per heavy atom. The van der Waals surface area contributed by atoms with Gasteiger partial charge in [0.05, 0.1) is 0 Å². The molecule has 184 valence electrons. The summed E-state index contributed by atoms with van der Waals surface area (Å²) >= 11 is 25.2. The highest BCUT2D eigenvalue weighted by Gasteiger charge is 2.26. The Labute approximate surface area is 238 Å². The van der Waals surface area contributed by atoms with Crippen molar-refractivity contribution in [3.05, 3.63) is 150 Å². The Morgan fingerprint density at radius 3 is 1.13 bits per heavy atom. The zero-order valence-electron chi connectivity index (χ0n) is 19.6. The fourth-order valence-electron chi connectivity index (χ4n) is 5.08. The molecule has 6 heteroatoms. The van der Waals surface area contributed by atoms with Crippen LogP contribution in [-0.4, -0.2) is 0 Å². The minimum absolute atomic E-state index is 0.600. The van der Waals surface area contributed by atoms with E-state index in [0.717, 1.165) is 43.8 Å². The average Bonchev–Trinajstić information content (AvgIpc) is 2.90. The first-order chi connectivity index (χ1) is 18.4. The predicted octanol–water partition coefficient (Wildman–Crippen LogP) is 9.01. The van der Waals surface area contributed by atoms with Gasteiger partial charge in [-0.1, -0.05) is 70.7 Å². The predicted molar refractivity (Wildman–Crippen MR) is 155 cm³/mol. The summed E-state index contributed by atoms with van der Waals surface area (Å²) in [6.07, 6.45) is 0. The van der Waals surface area contributed by atoms with Crippen LogP contribution in [0.15, 0.2) is 97.1 Å². The van der Waals surface area contributed by atoms with Gasteiger partial charge in [-0.05, 0) is 71.8 Å². The van der Waals surface area contributed by atoms with E-state index in [1.54, 1.807) is 0 Å². The number of hydrogen-bond acceptors (Lipinski definition) is 2. The summed E-state index contributed by atoms with van der Waals surface area (Å²) in [6.45, 7) is 0. The van der Waals surface area contributed by atoms with Crippen molar-refractivity contribution in [2.75, 3.05) is 0 Å². The molecule has 5 aromatic rings. The van der Waals surface area contributed by atoms with Gasteiger partial charge < -0.3 is 9.47 Å². The number of halogens is 4. The Bertz CT molecular complexity index is 1750. The van der Waals surface area contributed by atoms with Crippen LogP contribution in [-0.2, 0) is 0 Å². The van der Waals surface area contributed by atoms with Gasteiger partial charge in [-0.2, -0.15) is 0 Å². The summed E-state index contributed by atoms with van der Waals surface area (Å²) in [6, 6.07) is 31.0. The third kappa shape index (κ3) is 3.97. The summed E-state index contributed by atoms with van der Waals surface area (Å²) in [5, 5.41) is 4.35. The first-order valence-electron chi connectivity index (χ1n) is 11.8. The maximum atomic E-state index is 6.47. The van der Waals surface area contributed by atoms with Crippen LogP contribution in [0.3, 0.4) is 0 Å². The van der Waals surface area contributed by atoms with Crippen molar-refractivity contribution in [3.8, 4) is 23.0 Å². The molecule has 0 spiro atoms. The molecule has 0 aromatic heterocycles. The molecule has 0 aliphatic carbocycles. The van der Waals surface area contributed by atoms with E-state index in [9.17, 15) is 0 Å². The van der Waals surface area contributed by atoms with Crippen molar-refractivity contribution >= 4 is 57.5 Å². The summed E-state index contributed by atoms with van der Waals surface area (Å²) in [7, 11) is 0. The second kappa shape index (κ2) is 9.11. The van der Waals surface area contributed by atoms with E-state index in [-0.39, 0.29) is 0 Å². The van der Waals surface area contributed by atoms with E-state index in [1.165, 1.54) is 0 Å². The minimum Gasteiger partial charge on any atom is -0.456 e. The monoisotopic (exact) mass is 572 g/mol. The van der Waals surface area contributed by atoms with E-state index in [0.29, 0.717) is 43.1 Å². The lowest BCUT2D eigenvalue weighted by atomic mass is 9.90. The topological polar surface area (TPSA) is 18.5 Å². The quantitative estimate of drug-likeness (QED) is 0.205. The molecule has 0 bridgehead atoms. The van der Waals surface area contributed by atoms with Crippen molar-refractivity contribution in [2.24, 2.45) is 0 Å². The van der Waals surface area contributed by atoms with E-state index in [2.05, 4.69) is 0 Å². The van der Waals surface area contributed by atoms with E-state index >= 15 is 0 Å². The summed E-state index contributed by atoms with van der Waals surface area (Å²) in [4.78, 5) is 0. The molecule has 2 aliphatic rings. The van der Waals surface area contributed by atoms with E-state index in [4.69, 9.17) is 55.9 Å². The molecule has 0 saturated carbocycles. The summed E-state index contributed by atoms with van der Waals surface area (Å²) < 4.78 is 12.9. The molecular weight excluding hydrogens is 558 g/mol. The van der Waals surface area contributed by atoms with Gasteiger partial charge in [-0.25, -0.2) is 0 Å². The van der Waals surface area contributed by atoms with Crippen LogP contribution in [0.1, 0.15) is 22.3 Å². The molecule has 0 saturated heterocycles. The zero-order chi connectivity index (χ0) is 26.0. The second-order valence-corrected chi connectivity index (χ2v) is 10.8. The Morgan fingerprint density at radius 1 is 0.368 bits per heavy atom. The van der Waals surface area contributed by atoms with Gasteiger partial charge in [0.2, 0.25) is 0 Å². The van der Waals surface area contributed by atoms with Gasteiger partial charge in [-0.3, -0.25) is 0 Å². The van der Waals surface area contributed by atoms with Gasteiger partial charge in [0, 0.05) is 64.9 Å². The SMILES string of the molecule is Clc1ccc(C2=c3cc4c(cc3Oc3cc(Cl)ccc32)=C(c2ccc(Cl)cc2)c2ccc(Cl)cc2O4)cc1. The van der Waals surface area contributed by atoms with Crippen molar-refractivity contribution in [2.45, 2.75) is 0 Å². The van der Waals surface area contributed by atoms with Crippen molar-refractivity contribution < 1.29 is 9.47 Å². The molecule has 2 heterocycles. The van der Waals surface area contributed by atoms with Crippen LogP contribution in [0.25, 0.3) is 11.1 Å². The molecule has 38 heavy (non-hydrogen) atoms. The van der Waals surface area contributed by atoms with Crippen LogP contribution in [0, 0.1) is 0 Å². The van der Waals surface area contributed by atoms with Crippen molar-refractivity contribution in [1.29, 1.82) is 0 Å². The summed E-state index contributed by atoms with van der Waals surface area (Å²) in [5.41, 5.74) is 5.89. The third-order valence-electron chi connectivity index (χ3n) is 6.75. The summed E-state index contributed by atoms with van der Waals surface area (Å²) in [5.74, 6) is 2.78. The standard InChI is InChI=1S/C32H16Cl4O2/c33-19-5-1-17(2-6-19)31-23-11-9-21(35)13-27(23)37-29-16-26-30(15-25(29)31)38-28-14-22(36)10-12-24(28)32(26)18-3-7-20(34)8-4-18/h1-16H. The molecule has 2 nitrogen and oxygen atoms in total. The van der Waals surface area contributed by atoms with Crippen molar-refractivity contribution in [1.82, 2.24) is 0 Å². The average molecular weight is 574 g/mol. The van der Waals surface area contributed by atoms with Gasteiger partial charge in [0.15, 0.2) is 0 Å². The van der Waals surface area contributed by atoms with Crippen LogP contribution < -0.4 is 19.9 Å². The van der Waals surface area contributed by atoms with Gasteiger partial charge in [0.25, 0.3) is 0 Å².